The van der Waals surface area contributed by atoms with Crippen molar-refractivity contribution in [1.82, 2.24) is 14.8 Å². The van der Waals surface area contributed by atoms with Gasteiger partial charge in [-0.3, -0.25) is 14.5 Å². The number of carbonyl (C=O) groups is 1. The SMILES string of the molecule is O=C(Nc1ccn(Cc2ccccn2)n1)c1ccc(COCC(F)(F)F)cc1. The first kappa shape index (κ1) is 19.6. The van der Waals surface area contributed by atoms with Crippen LogP contribution in [0, 0.1) is 0 Å². The first-order valence-corrected chi connectivity index (χ1v) is 8.37. The molecule has 0 saturated carbocycles. The van der Waals surface area contributed by atoms with Crippen molar-refractivity contribution in [2.45, 2.75) is 19.3 Å². The topological polar surface area (TPSA) is 69.0 Å². The van der Waals surface area contributed by atoms with E-state index >= 15 is 0 Å². The summed E-state index contributed by atoms with van der Waals surface area (Å²) in [5.74, 6) is 0.0179. The summed E-state index contributed by atoms with van der Waals surface area (Å²) in [5.41, 5.74) is 1.74. The van der Waals surface area contributed by atoms with Crippen LogP contribution in [0.3, 0.4) is 0 Å². The maximum Gasteiger partial charge on any atom is 0.411 e. The molecule has 0 saturated heterocycles. The number of pyridine rings is 1. The fourth-order valence-electron chi connectivity index (χ4n) is 2.40. The smallest absolute Gasteiger partial charge is 0.367 e. The van der Waals surface area contributed by atoms with Gasteiger partial charge in [-0.25, -0.2) is 0 Å². The van der Waals surface area contributed by atoms with E-state index in [-0.39, 0.29) is 12.5 Å². The molecule has 1 aromatic carbocycles. The molecule has 0 fully saturated rings. The fourth-order valence-corrected chi connectivity index (χ4v) is 2.40. The minimum Gasteiger partial charge on any atom is -0.367 e. The standard InChI is InChI=1S/C19H17F3N4O2/c20-19(21,22)13-28-12-14-4-6-15(7-5-14)18(27)24-17-8-10-26(25-17)11-16-3-1-2-9-23-16/h1-10H,11-13H2,(H,24,25,27). The van der Waals surface area contributed by atoms with Crippen LogP contribution in [0.2, 0.25) is 0 Å². The molecule has 0 radical (unpaired) electrons. The molecule has 3 aromatic rings. The van der Waals surface area contributed by atoms with E-state index < -0.39 is 12.8 Å². The third-order valence-corrected chi connectivity index (χ3v) is 3.68. The second-order valence-corrected chi connectivity index (χ2v) is 5.98. The maximum atomic E-state index is 12.3. The van der Waals surface area contributed by atoms with E-state index in [2.05, 4.69) is 20.1 Å². The number of rotatable bonds is 7. The molecular formula is C19H17F3N4O2. The number of ether oxygens (including phenoxy) is 1. The van der Waals surface area contributed by atoms with Crippen molar-refractivity contribution in [1.29, 1.82) is 0 Å². The summed E-state index contributed by atoms with van der Waals surface area (Å²) >= 11 is 0. The number of halogens is 3. The lowest BCUT2D eigenvalue weighted by molar-refractivity contribution is -0.176. The van der Waals surface area contributed by atoms with Gasteiger partial charge in [0.1, 0.15) is 6.61 Å². The van der Waals surface area contributed by atoms with E-state index in [4.69, 9.17) is 0 Å². The molecule has 0 aliphatic carbocycles. The number of hydrogen-bond donors (Lipinski definition) is 1. The molecule has 0 spiro atoms. The van der Waals surface area contributed by atoms with Crippen LogP contribution in [0.1, 0.15) is 21.6 Å². The highest BCUT2D eigenvalue weighted by atomic mass is 19.4. The van der Waals surface area contributed by atoms with Gasteiger partial charge < -0.3 is 10.1 Å². The van der Waals surface area contributed by atoms with Crippen LogP contribution in [-0.4, -0.2) is 33.5 Å². The first-order valence-electron chi connectivity index (χ1n) is 8.37. The van der Waals surface area contributed by atoms with Gasteiger partial charge in [0, 0.05) is 24.0 Å². The molecule has 146 valence electrons. The first-order chi connectivity index (χ1) is 13.4. The minimum atomic E-state index is -4.36. The lowest BCUT2D eigenvalue weighted by Gasteiger charge is -2.08. The number of nitrogens with one attached hydrogen (secondary N) is 1. The van der Waals surface area contributed by atoms with Crippen molar-refractivity contribution >= 4 is 11.7 Å². The number of aromatic nitrogens is 3. The number of hydrogen-bond acceptors (Lipinski definition) is 4. The van der Waals surface area contributed by atoms with Crippen LogP contribution in [0.4, 0.5) is 19.0 Å². The largest absolute Gasteiger partial charge is 0.411 e. The van der Waals surface area contributed by atoms with Gasteiger partial charge >= 0.3 is 6.18 Å². The molecule has 0 unspecified atom stereocenters. The third-order valence-electron chi connectivity index (χ3n) is 3.68. The molecule has 0 aliphatic rings. The van der Waals surface area contributed by atoms with Crippen molar-refractivity contribution in [3.05, 3.63) is 77.7 Å². The Bertz CT molecular complexity index is 909. The minimum absolute atomic E-state index is 0.181. The van der Waals surface area contributed by atoms with Gasteiger partial charge in [0.05, 0.1) is 18.8 Å². The van der Waals surface area contributed by atoms with E-state index in [1.807, 2.05) is 18.2 Å². The highest BCUT2D eigenvalue weighted by Crippen LogP contribution is 2.16. The Balaban J connectivity index is 1.53. The van der Waals surface area contributed by atoms with Crippen molar-refractivity contribution < 1.29 is 22.7 Å². The predicted octanol–water partition coefficient (Wildman–Crippen LogP) is 3.66. The van der Waals surface area contributed by atoms with Crippen molar-refractivity contribution in [2.24, 2.45) is 0 Å². The molecule has 2 heterocycles. The zero-order chi connectivity index (χ0) is 20.0. The van der Waals surface area contributed by atoms with E-state index in [0.717, 1.165) is 5.69 Å². The molecule has 28 heavy (non-hydrogen) atoms. The van der Waals surface area contributed by atoms with E-state index in [0.29, 0.717) is 23.5 Å². The molecular weight excluding hydrogens is 373 g/mol. The Labute approximate surface area is 159 Å². The van der Waals surface area contributed by atoms with Gasteiger partial charge in [0.25, 0.3) is 5.91 Å². The number of anilines is 1. The summed E-state index contributed by atoms with van der Waals surface area (Å²) in [7, 11) is 0. The van der Waals surface area contributed by atoms with Gasteiger partial charge in [-0.1, -0.05) is 18.2 Å². The van der Waals surface area contributed by atoms with Crippen molar-refractivity contribution in [3.63, 3.8) is 0 Å². The summed E-state index contributed by atoms with van der Waals surface area (Å²) in [6.45, 7) is -1.01. The summed E-state index contributed by atoms with van der Waals surface area (Å²) in [4.78, 5) is 16.5. The lowest BCUT2D eigenvalue weighted by atomic mass is 10.1. The van der Waals surface area contributed by atoms with Crippen LogP contribution in [0.15, 0.2) is 60.9 Å². The molecule has 6 nitrogen and oxygen atoms in total. The van der Waals surface area contributed by atoms with Crippen LogP contribution in [-0.2, 0) is 17.9 Å². The number of amides is 1. The summed E-state index contributed by atoms with van der Waals surface area (Å²) in [5, 5.41) is 6.95. The maximum absolute atomic E-state index is 12.3. The molecule has 0 atom stereocenters. The quantitative estimate of drug-likeness (QED) is 0.669. The van der Waals surface area contributed by atoms with Crippen LogP contribution < -0.4 is 5.32 Å². The molecule has 3 rings (SSSR count). The number of benzene rings is 1. The Hall–Kier alpha value is -3.20. The van der Waals surface area contributed by atoms with Crippen LogP contribution >= 0.6 is 0 Å². The zero-order valence-corrected chi connectivity index (χ0v) is 14.7. The average Bonchev–Trinajstić information content (AvgIpc) is 3.09. The summed E-state index contributed by atoms with van der Waals surface area (Å²) in [6, 6.07) is 13.4. The Morgan fingerprint density at radius 3 is 2.57 bits per heavy atom. The molecule has 1 N–H and O–H groups in total. The van der Waals surface area contributed by atoms with Gasteiger partial charge in [-0.2, -0.15) is 18.3 Å². The van der Waals surface area contributed by atoms with Crippen molar-refractivity contribution in [2.75, 3.05) is 11.9 Å². The van der Waals surface area contributed by atoms with Crippen molar-refractivity contribution in [3.8, 4) is 0 Å². The van der Waals surface area contributed by atoms with E-state index in [9.17, 15) is 18.0 Å². The van der Waals surface area contributed by atoms with E-state index in [1.54, 1.807) is 35.3 Å². The molecule has 9 heteroatoms. The van der Waals surface area contributed by atoms with Gasteiger partial charge in [-0.05, 0) is 29.8 Å². The molecule has 1 amide bonds. The van der Waals surface area contributed by atoms with Gasteiger partial charge in [-0.15, -0.1) is 0 Å². The third kappa shape index (κ3) is 5.92. The van der Waals surface area contributed by atoms with Crippen LogP contribution in [0.25, 0.3) is 0 Å². The molecule has 0 aliphatic heterocycles. The predicted molar refractivity (Wildman–Crippen MR) is 95.7 cm³/mol. The Kier molecular flexibility index (Phi) is 6.05. The van der Waals surface area contributed by atoms with E-state index in [1.165, 1.54) is 12.1 Å². The number of nitrogens with zero attached hydrogens (tertiary/aromatic N) is 3. The monoisotopic (exact) mass is 390 g/mol. The molecule has 0 bridgehead atoms. The number of alkyl halides is 3. The fraction of sp³-hybridized carbons (Fsp3) is 0.211. The summed E-state index contributed by atoms with van der Waals surface area (Å²) in [6.07, 6.45) is -0.940. The normalized spacial score (nSPS) is 11.4. The highest BCUT2D eigenvalue weighted by molar-refractivity contribution is 6.03. The average molecular weight is 390 g/mol. The van der Waals surface area contributed by atoms with Gasteiger partial charge in [0.15, 0.2) is 5.82 Å². The highest BCUT2D eigenvalue weighted by Gasteiger charge is 2.27. The van der Waals surface area contributed by atoms with Gasteiger partial charge in [0.2, 0.25) is 0 Å². The van der Waals surface area contributed by atoms with Crippen LogP contribution in [0.5, 0.6) is 0 Å². The number of carbonyl (C=O) groups excluding carboxylic acids is 1. The zero-order valence-electron chi connectivity index (χ0n) is 14.7. The molecule has 2 aromatic heterocycles. The Morgan fingerprint density at radius 1 is 1.11 bits per heavy atom. The second kappa shape index (κ2) is 8.66. The lowest BCUT2D eigenvalue weighted by Crippen LogP contribution is -2.16. The second-order valence-electron chi connectivity index (χ2n) is 5.98. The summed E-state index contributed by atoms with van der Waals surface area (Å²) < 4.78 is 42.5. The Morgan fingerprint density at radius 2 is 1.89 bits per heavy atom.